The number of nitrogens with one attached hydrogen (secondary N) is 1. The molecule has 0 bridgehead atoms. The summed E-state index contributed by atoms with van der Waals surface area (Å²) in [5.74, 6) is 0. The molecule has 0 amide bonds. The maximum Gasteiger partial charge on any atom is 0.0525 e. The van der Waals surface area contributed by atoms with Gasteiger partial charge in [-0.15, -0.1) is 0 Å². The minimum absolute atomic E-state index is 0.438. The van der Waals surface area contributed by atoms with E-state index in [9.17, 15) is 0 Å². The third-order valence-corrected chi connectivity index (χ3v) is 2.51. The quantitative estimate of drug-likeness (QED) is 0.713. The molecule has 0 spiro atoms. The number of hydrogen-bond donors (Lipinski definition) is 1. The lowest BCUT2D eigenvalue weighted by molar-refractivity contribution is 0.392. The van der Waals surface area contributed by atoms with Crippen LogP contribution in [0.25, 0.3) is 0 Å². The molecule has 0 aliphatic rings. The van der Waals surface area contributed by atoms with E-state index < -0.39 is 0 Å². The Bertz CT molecular complexity index is 291. The van der Waals surface area contributed by atoms with Gasteiger partial charge in [0.25, 0.3) is 0 Å². The normalized spacial score (nSPS) is 11.6. The van der Waals surface area contributed by atoms with E-state index in [1.165, 1.54) is 12.1 Å². The summed E-state index contributed by atoms with van der Waals surface area (Å²) in [7, 11) is 4.21. The molecule has 0 aromatic carbocycles. The molecular weight excluding hydrogens is 200 g/mol. The molecular formula is C12H24N4. The van der Waals surface area contributed by atoms with Crippen LogP contribution in [0, 0.1) is 0 Å². The van der Waals surface area contributed by atoms with Crippen molar-refractivity contribution in [1.29, 1.82) is 0 Å². The molecule has 0 saturated heterocycles. The molecule has 4 nitrogen and oxygen atoms in total. The molecule has 1 aromatic heterocycles. The van der Waals surface area contributed by atoms with Gasteiger partial charge in [0.1, 0.15) is 0 Å². The first kappa shape index (κ1) is 13.2. The molecule has 16 heavy (non-hydrogen) atoms. The van der Waals surface area contributed by atoms with Gasteiger partial charge >= 0.3 is 0 Å². The van der Waals surface area contributed by atoms with Crippen LogP contribution >= 0.6 is 0 Å². The van der Waals surface area contributed by atoms with Crippen molar-refractivity contribution < 1.29 is 0 Å². The Labute approximate surface area is 98.6 Å². The van der Waals surface area contributed by atoms with Crippen LogP contribution in [-0.2, 0) is 6.54 Å². The van der Waals surface area contributed by atoms with Crippen molar-refractivity contribution in [2.45, 2.75) is 32.9 Å². The fourth-order valence-electron chi connectivity index (χ4n) is 1.68. The van der Waals surface area contributed by atoms with Crippen LogP contribution in [0.1, 0.15) is 32.0 Å². The Morgan fingerprint density at radius 3 is 2.81 bits per heavy atom. The van der Waals surface area contributed by atoms with Crippen LogP contribution in [0.3, 0.4) is 0 Å². The van der Waals surface area contributed by atoms with Crippen molar-refractivity contribution in [1.82, 2.24) is 20.0 Å². The van der Waals surface area contributed by atoms with E-state index in [-0.39, 0.29) is 0 Å². The van der Waals surface area contributed by atoms with E-state index in [4.69, 9.17) is 0 Å². The zero-order valence-corrected chi connectivity index (χ0v) is 10.9. The van der Waals surface area contributed by atoms with Crippen LogP contribution in [0.2, 0.25) is 0 Å². The van der Waals surface area contributed by atoms with Crippen LogP contribution in [-0.4, -0.2) is 41.9 Å². The van der Waals surface area contributed by atoms with E-state index >= 15 is 0 Å². The first-order chi connectivity index (χ1) is 7.61. The summed E-state index contributed by atoms with van der Waals surface area (Å²) in [5, 5.41) is 7.76. The molecule has 1 heterocycles. The number of aromatic nitrogens is 2. The van der Waals surface area contributed by atoms with Gasteiger partial charge in [0, 0.05) is 18.8 Å². The number of rotatable bonds is 7. The molecule has 1 rings (SSSR count). The van der Waals surface area contributed by atoms with E-state index in [0.29, 0.717) is 6.04 Å². The Hall–Kier alpha value is -0.870. The first-order valence-corrected chi connectivity index (χ1v) is 5.99. The summed E-state index contributed by atoms with van der Waals surface area (Å²) in [5.41, 5.74) is 1.26. The lowest BCUT2D eigenvalue weighted by atomic mass is 10.3. The average Bonchev–Trinajstić information content (AvgIpc) is 2.65. The summed E-state index contributed by atoms with van der Waals surface area (Å²) >= 11 is 0. The zero-order chi connectivity index (χ0) is 12.0. The van der Waals surface area contributed by atoms with Gasteiger partial charge in [-0.1, -0.05) is 0 Å². The van der Waals surface area contributed by atoms with Gasteiger partial charge < -0.3 is 10.2 Å². The first-order valence-electron chi connectivity index (χ1n) is 5.99. The van der Waals surface area contributed by atoms with Gasteiger partial charge in [-0.2, -0.15) is 5.10 Å². The minimum atomic E-state index is 0.438. The highest BCUT2D eigenvalue weighted by atomic mass is 15.3. The van der Waals surface area contributed by atoms with Gasteiger partial charge in [-0.3, -0.25) is 4.68 Å². The van der Waals surface area contributed by atoms with Crippen LogP contribution in [0.5, 0.6) is 0 Å². The predicted octanol–water partition coefficient (Wildman–Crippen LogP) is 1.51. The molecule has 0 aliphatic carbocycles. The SMILES string of the molecule is CC(C)n1nccc1CNCCCN(C)C. The molecule has 0 radical (unpaired) electrons. The minimum Gasteiger partial charge on any atom is -0.311 e. The standard InChI is InChI=1S/C12H24N4/c1-11(2)16-12(6-8-14-16)10-13-7-5-9-15(3)4/h6,8,11,13H,5,7,9-10H2,1-4H3. The number of hydrogen-bond acceptors (Lipinski definition) is 3. The number of nitrogens with zero attached hydrogens (tertiary/aromatic N) is 3. The zero-order valence-electron chi connectivity index (χ0n) is 10.9. The monoisotopic (exact) mass is 224 g/mol. The highest BCUT2D eigenvalue weighted by Crippen LogP contribution is 2.07. The van der Waals surface area contributed by atoms with Crippen molar-refractivity contribution in [3.8, 4) is 0 Å². The molecule has 0 unspecified atom stereocenters. The Balaban J connectivity index is 2.24. The predicted molar refractivity (Wildman–Crippen MR) is 67.5 cm³/mol. The maximum absolute atomic E-state index is 4.31. The Kier molecular flexibility index (Phi) is 5.49. The molecule has 4 heteroatoms. The summed E-state index contributed by atoms with van der Waals surface area (Å²) < 4.78 is 2.07. The molecule has 0 saturated carbocycles. The second kappa shape index (κ2) is 6.66. The van der Waals surface area contributed by atoms with Crippen molar-refractivity contribution >= 4 is 0 Å². The third kappa shape index (κ3) is 4.33. The lowest BCUT2D eigenvalue weighted by Crippen LogP contribution is -2.22. The highest BCUT2D eigenvalue weighted by Gasteiger charge is 2.04. The lowest BCUT2D eigenvalue weighted by Gasteiger charge is -2.12. The average molecular weight is 224 g/mol. The summed E-state index contributed by atoms with van der Waals surface area (Å²) in [4.78, 5) is 2.21. The van der Waals surface area contributed by atoms with Gasteiger partial charge in [0.05, 0.1) is 5.69 Å². The molecule has 1 N–H and O–H groups in total. The van der Waals surface area contributed by atoms with Crippen LogP contribution < -0.4 is 5.32 Å². The summed E-state index contributed by atoms with van der Waals surface area (Å²) in [6.07, 6.45) is 3.06. The Morgan fingerprint density at radius 2 is 2.19 bits per heavy atom. The van der Waals surface area contributed by atoms with Crippen molar-refractivity contribution in [3.63, 3.8) is 0 Å². The molecule has 92 valence electrons. The molecule has 0 aliphatic heterocycles. The van der Waals surface area contributed by atoms with Gasteiger partial charge in [-0.25, -0.2) is 0 Å². The van der Waals surface area contributed by atoms with E-state index in [0.717, 1.165) is 19.6 Å². The van der Waals surface area contributed by atoms with Crippen molar-refractivity contribution in [2.75, 3.05) is 27.2 Å². The summed E-state index contributed by atoms with van der Waals surface area (Å²) in [6, 6.07) is 2.52. The molecule has 0 fully saturated rings. The third-order valence-electron chi connectivity index (χ3n) is 2.51. The smallest absolute Gasteiger partial charge is 0.0525 e. The Morgan fingerprint density at radius 1 is 1.44 bits per heavy atom. The molecule has 0 atom stereocenters. The van der Waals surface area contributed by atoms with E-state index in [1.54, 1.807) is 0 Å². The van der Waals surface area contributed by atoms with E-state index in [2.05, 4.69) is 54.0 Å². The summed E-state index contributed by atoms with van der Waals surface area (Å²) in [6.45, 7) is 7.41. The fraction of sp³-hybridized carbons (Fsp3) is 0.750. The van der Waals surface area contributed by atoms with Crippen LogP contribution in [0.15, 0.2) is 12.3 Å². The van der Waals surface area contributed by atoms with Crippen molar-refractivity contribution in [3.05, 3.63) is 18.0 Å². The fourth-order valence-corrected chi connectivity index (χ4v) is 1.68. The van der Waals surface area contributed by atoms with Crippen molar-refractivity contribution in [2.24, 2.45) is 0 Å². The van der Waals surface area contributed by atoms with E-state index in [1.807, 2.05) is 6.20 Å². The highest BCUT2D eigenvalue weighted by molar-refractivity contribution is 5.00. The largest absolute Gasteiger partial charge is 0.311 e. The van der Waals surface area contributed by atoms with Gasteiger partial charge in [0.15, 0.2) is 0 Å². The topological polar surface area (TPSA) is 33.1 Å². The van der Waals surface area contributed by atoms with Gasteiger partial charge in [-0.05, 0) is 53.5 Å². The molecule has 1 aromatic rings. The van der Waals surface area contributed by atoms with Gasteiger partial charge in [0.2, 0.25) is 0 Å². The second-order valence-electron chi connectivity index (χ2n) is 4.69. The maximum atomic E-state index is 4.31. The van der Waals surface area contributed by atoms with Crippen LogP contribution in [0.4, 0.5) is 0 Å². The second-order valence-corrected chi connectivity index (χ2v) is 4.69.